The Bertz CT molecular complexity index is 674. The molecule has 0 aliphatic carbocycles. The van der Waals surface area contributed by atoms with Crippen molar-refractivity contribution in [1.82, 2.24) is 5.32 Å². The lowest BCUT2D eigenvalue weighted by molar-refractivity contribution is 0.346. The molecule has 0 bridgehead atoms. The van der Waals surface area contributed by atoms with Crippen molar-refractivity contribution >= 4 is 7.60 Å². The SMILES string of the molecule is COc1ccc(C(NCc2ccccc2)P(=O)(O)O)cc1F. The number of nitrogens with one attached hydrogen (secondary N) is 1. The first-order chi connectivity index (χ1) is 10.4. The molecule has 0 spiro atoms. The summed E-state index contributed by atoms with van der Waals surface area (Å²) in [5.41, 5.74) is 1.04. The van der Waals surface area contributed by atoms with Crippen LogP contribution in [0.1, 0.15) is 16.9 Å². The summed E-state index contributed by atoms with van der Waals surface area (Å²) < 4.78 is 30.3. The molecule has 0 radical (unpaired) electrons. The van der Waals surface area contributed by atoms with E-state index in [1.807, 2.05) is 30.3 Å². The highest BCUT2D eigenvalue weighted by Crippen LogP contribution is 2.50. The average Bonchev–Trinajstić information content (AvgIpc) is 2.47. The Balaban J connectivity index is 2.23. The Kier molecular flexibility index (Phi) is 5.32. The third-order valence-corrected chi connectivity index (χ3v) is 4.32. The molecule has 2 aromatic rings. The first-order valence-corrected chi connectivity index (χ1v) is 8.26. The van der Waals surface area contributed by atoms with Crippen LogP contribution in [-0.4, -0.2) is 16.9 Å². The fourth-order valence-electron chi connectivity index (χ4n) is 2.09. The molecule has 2 rings (SSSR count). The molecule has 5 nitrogen and oxygen atoms in total. The van der Waals surface area contributed by atoms with Gasteiger partial charge < -0.3 is 14.5 Å². The number of hydrogen-bond donors (Lipinski definition) is 3. The molecule has 0 saturated carbocycles. The van der Waals surface area contributed by atoms with Crippen LogP contribution in [0.5, 0.6) is 5.75 Å². The van der Waals surface area contributed by atoms with Crippen molar-refractivity contribution in [1.29, 1.82) is 0 Å². The smallest absolute Gasteiger partial charge is 0.346 e. The van der Waals surface area contributed by atoms with Gasteiger partial charge in [0.1, 0.15) is 5.78 Å². The Labute approximate surface area is 127 Å². The number of halogens is 1. The van der Waals surface area contributed by atoms with E-state index in [-0.39, 0.29) is 17.9 Å². The maximum Gasteiger partial charge on any atom is 0.346 e. The van der Waals surface area contributed by atoms with Crippen molar-refractivity contribution in [3.05, 3.63) is 65.5 Å². The second-order valence-electron chi connectivity index (χ2n) is 4.75. The lowest BCUT2D eigenvalue weighted by Crippen LogP contribution is -2.21. The molecule has 1 unspecified atom stereocenters. The third-order valence-electron chi connectivity index (χ3n) is 3.17. The molecule has 1 atom stereocenters. The number of methoxy groups -OCH3 is 1. The van der Waals surface area contributed by atoms with E-state index in [1.54, 1.807) is 0 Å². The van der Waals surface area contributed by atoms with Crippen LogP contribution < -0.4 is 10.1 Å². The lowest BCUT2D eigenvalue weighted by Gasteiger charge is -2.21. The van der Waals surface area contributed by atoms with Crippen molar-refractivity contribution in [3.63, 3.8) is 0 Å². The van der Waals surface area contributed by atoms with Gasteiger partial charge in [-0.2, -0.15) is 0 Å². The zero-order valence-electron chi connectivity index (χ0n) is 11.9. The van der Waals surface area contributed by atoms with Gasteiger partial charge in [0.25, 0.3) is 0 Å². The van der Waals surface area contributed by atoms with Gasteiger partial charge >= 0.3 is 7.60 Å². The van der Waals surface area contributed by atoms with Gasteiger partial charge in [-0.3, -0.25) is 9.88 Å². The summed E-state index contributed by atoms with van der Waals surface area (Å²) in [5.74, 6) is -1.93. The standard InChI is InChI=1S/C15H17FNO4P/c1-21-14-8-7-12(9-13(14)16)15(22(18,19)20)17-10-11-5-3-2-4-6-11/h2-9,15,17H,10H2,1H3,(H2,18,19,20). The molecular weight excluding hydrogens is 308 g/mol. The van der Waals surface area contributed by atoms with Crippen molar-refractivity contribution in [2.45, 2.75) is 12.3 Å². The highest BCUT2D eigenvalue weighted by atomic mass is 31.2. The Morgan fingerprint density at radius 2 is 1.91 bits per heavy atom. The largest absolute Gasteiger partial charge is 0.494 e. The van der Waals surface area contributed by atoms with Gasteiger partial charge in [0.05, 0.1) is 7.11 Å². The molecule has 118 valence electrons. The van der Waals surface area contributed by atoms with Gasteiger partial charge in [-0.25, -0.2) is 4.39 Å². The number of hydrogen-bond acceptors (Lipinski definition) is 3. The summed E-state index contributed by atoms with van der Waals surface area (Å²) >= 11 is 0. The van der Waals surface area contributed by atoms with Crippen LogP contribution >= 0.6 is 7.60 Å². The molecule has 2 aromatic carbocycles. The molecular formula is C15H17FNO4P. The van der Waals surface area contributed by atoms with E-state index >= 15 is 0 Å². The first-order valence-electron chi connectivity index (χ1n) is 6.58. The predicted octanol–water partition coefficient (Wildman–Crippen LogP) is 2.80. The molecule has 3 N–H and O–H groups in total. The summed E-state index contributed by atoms with van der Waals surface area (Å²) in [4.78, 5) is 19.0. The quantitative estimate of drug-likeness (QED) is 0.712. The fourth-order valence-corrected chi connectivity index (χ4v) is 2.97. The molecule has 0 fully saturated rings. The normalized spacial score (nSPS) is 12.9. The zero-order valence-corrected chi connectivity index (χ0v) is 12.8. The van der Waals surface area contributed by atoms with Crippen LogP contribution in [-0.2, 0) is 11.1 Å². The highest BCUT2D eigenvalue weighted by Gasteiger charge is 2.30. The van der Waals surface area contributed by atoms with E-state index in [9.17, 15) is 18.7 Å². The van der Waals surface area contributed by atoms with Gasteiger partial charge in [-0.05, 0) is 23.3 Å². The van der Waals surface area contributed by atoms with Crippen LogP contribution in [0.2, 0.25) is 0 Å². The van der Waals surface area contributed by atoms with E-state index < -0.39 is 19.2 Å². The van der Waals surface area contributed by atoms with Crippen LogP contribution in [0, 0.1) is 5.82 Å². The van der Waals surface area contributed by atoms with Gasteiger partial charge in [0, 0.05) is 6.54 Å². The number of ether oxygens (including phenoxy) is 1. The molecule has 0 saturated heterocycles. The van der Waals surface area contributed by atoms with Crippen LogP contribution in [0.25, 0.3) is 0 Å². The van der Waals surface area contributed by atoms with E-state index in [4.69, 9.17) is 4.74 Å². The van der Waals surface area contributed by atoms with Crippen LogP contribution in [0.3, 0.4) is 0 Å². The fraction of sp³-hybridized carbons (Fsp3) is 0.200. The molecule has 0 aromatic heterocycles. The minimum Gasteiger partial charge on any atom is -0.494 e. The molecule has 0 aliphatic heterocycles. The monoisotopic (exact) mass is 325 g/mol. The number of rotatable bonds is 6. The summed E-state index contributed by atoms with van der Waals surface area (Å²) in [5, 5.41) is 2.79. The Hall–Kier alpha value is -1.72. The van der Waals surface area contributed by atoms with Gasteiger partial charge in [0.15, 0.2) is 11.6 Å². The molecule has 22 heavy (non-hydrogen) atoms. The summed E-state index contributed by atoms with van der Waals surface area (Å²) in [6.45, 7) is 0.254. The highest BCUT2D eigenvalue weighted by molar-refractivity contribution is 7.52. The van der Waals surface area contributed by atoms with Crippen molar-refractivity contribution in [2.75, 3.05) is 7.11 Å². The minimum absolute atomic E-state index is 0.0243. The summed E-state index contributed by atoms with van der Waals surface area (Å²) in [6, 6.07) is 13.0. The van der Waals surface area contributed by atoms with Crippen LogP contribution in [0.15, 0.2) is 48.5 Å². The minimum atomic E-state index is -4.50. The second-order valence-corrected chi connectivity index (χ2v) is 6.45. The topological polar surface area (TPSA) is 78.8 Å². The molecule has 0 aliphatic rings. The Morgan fingerprint density at radius 3 is 2.45 bits per heavy atom. The van der Waals surface area contributed by atoms with E-state index in [1.165, 1.54) is 19.2 Å². The second kappa shape index (κ2) is 7.03. The maximum atomic E-state index is 13.8. The Morgan fingerprint density at radius 1 is 1.23 bits per heavy atom. The first kappa shape index (κ1) is 16.6. The van der Waals surface area contributed by atoms with Crippen molar-refractivity contribution in [2.24, 2.45) is 0 Å². The molecule has 7 heteroatoms. The predicted molar refractivity (Wildman–Crippen MR) is 81.0 cm³/mol. The van der Waals surface area contributed by atoms with Crippen LogP contribution in [0.4, 0.5) is 4.39 Å². The number of benzene rings is 2. The lowest BCUT2D eigenvalue weighted by atomic mass is 10.2. The zero-order chi connectivity index (χ0) is 16.2. The molecule has 0 heterocycles. The summed E-state index contributed by atoms with van der Waals surface area (Å²) in [7, 11) is -3.17. The third kappa shape index (κ3) is 4.15. The van der Waals surface area contributed by atoms with Gasteiger partial charge in [0.2, 0.25) is 0 Å². The van der Waals surface area contributed by atoms with Gasteiger partial charge in [-0.15, -0.1) is 0 Å². The van der Waals surface area contributed by atoms with E-state index in [0.29, 0.717) is 0 Å². The maximum absolute atomic E-state index is 13.8. The summed E-state index contributed by atoms with van der Waals surface area (Å²) in [6.07, 6.45) is 0. The van der Waals surface area contributed by atoms with E-state index in [2.05, 4.69) is 5.32 Å². The van der Waals surface area contributed by atoms with E-state index in [0.717, 1.165) is 11.6 Å². The molecule has 0 amide bonds. The van der Waals surface area contributed by atoms with Crippen molar-refractivity contribution < 1.29 is 23.5 Å². The van der Waals surface area contributed by atoms with Crippen molar-refractivity contribution in [3.8, 4) is 5.75 Å². The average molecular weight is 325 g/mol. The van der Waals surface area contributed by atoms with Gasteiger partial charge in [-0.1, -0.05) is 36.4 Å².